The SMILES string of the molecule is CCCCC(C(=O)COC(C)C)C(C)C. The Labute approximate surface area is 94.4 Å². The van der Waals surface area contributed by atoms with E-state index in [0.29, 0.717) is 5.92 Å². The van der Waals surface area contributed by atoms with Gasteiger partial charge in [0.1, 0.15) is 6.61 Å². The molecule has 15 heavy (non-hydrogen) atoms. The topological polar surface area (TPSA) is 26.3 Å². The lowest BCUT2D eigenvalue weighted by molar-refractivity contribution is -0.130. The number of ether oxygens (including phenoxy) is 1. The Hall–Kier alpha value is -0.370. The Morgan fingerprint density at radius 3 is 2.20 bits per heavy atom. The van der Waals surface area contributed by atoms with Crippen molar-refractivity contribution in [3.63, 3.8) is 0 Å². The van der Waals surface area contributed by atoms with Crippen molar-refractivity contribution in [3.8, 4) is 0 Å². The van der Waals surface area contributed by atoms with Gasteiger partial charge in [-0.1, -0.05) is 33.6 Å². The van der Waals surface area contributed by atoms with Crippen molar-refractivity contribution in [2.75, 3.05) is 6.61 Å². The van der Waals surface area contributed by atoms with Crippen LogP contribution in [-0.2, 0) is 9.53 Å². The normalized spacial score (nSPS) is 13.5. The number of hydrogen-bond donors (Lipinski definition) is 0. The molecule has 0 aliphatic rings. The molecule has 0 spiro atoms. The maximum Gasteiger partial charge on any atom is 0.161 e. The third kappa shape index (κ3) is 6.67. The van der Waals surface area contributed by atoms with Gasteiger partial charge in [0.25, 0.3) is 0 Å². The van der Waals surface area contributed by atoms with Gasteiger partial charge in [0.15, 0.2) is 5.78 Å². The minimum Gasteiger partial charge on any atom is -0.371 e. The van der Waals surface area contributed by atoms with Crippen LogP contribution in [0.1, 0.15) is 53.9 Å². The van der Waals surface area contributed by atoms with Crippen LogP contribution in [0.3, 0.4) is 0 Å². The lowest BCUT2D eigenvalue weighted by atomic mass is 9.87. The first-order valence-electron chi connectivity index (χ1n) is 6.13. The summed E-state index contributed by atoms with van der Waals surface area (Å²) in [4.78, 5) is 11.9. The zero-order valence-electron chi connectivity index (χ0n) is 10.9. The Kier molecular flexibility index (Phi) is 7.67. The molecule has 0 aliphatic carbocycles. The summed E-state index contributed by atoms with van der Waals surface area (Å²) in [5.41, 5.74) is 0. The highest BCUT2D eigenvalue weighted by atomic mass is 16.5. The van der Waals surface area contributed by atoms with Crippen molar-refractivity contribution >= 4 is 5.78 Å². The van der Waals surface area contributed by atoms with Crippen LogP contribution in [0, 0.1) is 11.8 Å². The van der Waals surface area contributed by atoms with Gasteiger partial charge in [-0.15, -0.1) is 0 Å². The summed E-state index contributed by atoms with van der Waals surface area (Å²) in [6.07, 6.45) is 3.44. The summed E-state index contributed by atoms with van der Waals surface area (Å²) in [7, 11) is 0. The number of Topliss-reactive ketones (excluding diaryl/α,β-unsaturated/α-hetero) is 1. The van der Waals surface area contributed by atoms with Crippen molar-refractivity contribution in [1.82, 2.24) is 0 Å². The quantitative estimate of drug-likeness (QED) is 0.618. The molecule has 2 nitrogen and oxygen atoms in total. The predicted octanol–water partition coefficient (Wildman–Crippen LogP) is 3.44. The molecule has 0 heterocycles. The van der Waals surface area contributed by atoms with E-state index in [1.165, 1.54) is 0 Å². The van der Waals surface area contributed by atoms with Crippen molar-refractivity contribution in [1.29, 1.82) is 0 Å². The molecule has 0 bridgehead atoms. The molecule has 1 unspecified atom stereocenters. The Balaban J connectivity index is 4.05. The number of carbonyl (C=O) groups is 1. The lowest BCUT2D eigenvalue weighted by Gasteiger charge is -2.19. The van der Waals surface area contributed by atoms with Gasteiger partial charge in [-0.05, 0) is 26.2 Å². The molecular weight excluding hydrogens is 188 g/mol. The summed E-state index contributed by atoms with van der Waals surface area (Å²) in [5.74, 6) is 0.885. The van der Waals surface area contributed by atoms with E-state index in [1.54, 1.807) is 0 Å². The number of carbonyl (C=O) groups excluding carboxylic acids is 1. The smallest absolute Gasteiger partial charge is 0.161 e. The van der Waals surface area contributed by atoms with Crippen LogP contribution in [0.5, 0.6) is 0 Å². The summed E-state index contributed by atoms with van der Waals surface area (Å²) in [5, 5.41) is 0. The first-order chi connectivity index (χ1) is 6.99. The van der Waals surface area contributed by atoms with Gasteiger partial charge < -0.3 is 4.74 Å². The maximum absolute atomic E-state index is 11.9. The molecule has 0 saturated carbocycles. The molecule has 0 saturated heterocycles. The minimum atomic E-state index is 0.146. The van der Waals surface area contributed by atoms with Gasteiger partial charge in [0.05, 0.1) is 6.10 Å². The standard InChI is InChI=1S/C13H26O2/c1-6-7-8-12(10(2)3)13(14)9-15-11(4)5/h10-12H,6-9H2,1-5H3. The van der Waals surface area contributed by atoms with Gasteiger partial charge in [-0.25, -0.2) is 0 Å². The fraction of sp³-hybridized carbons (Fsp3) is 0.923. The van der Waals surface area contributed by atoms with Crippen LogP contribution < -0.4 is 0 Å². The number of ketones is 1. The van der Waals surface area contributed by atoms with E-state index in [1.807, 2.05) is 13.8 Å². The fourth-order valence-corrected chi connectivity index (χ4v) is 1.65. The predicted molar refractivity (Wildman–Crippen MR) is 63.9 cm³/mol. The van der Waals surface area contributed by atoms with E-state index in [4.69, 9.17) is 4.74 Å². The summed E-state index contributed by atoms with van der Waals surface area (Å²) >= 11 is 0. The van der Waals surface area contributed by atoms with Crippen LogP contribution in [0.25, 0.3) is 0 Å². The highest BCUT2D eigenvalue weighted by Crippen LogP contribution is 2.19. The fourth-order valence-electron chi connectivity index (χ4n) is 1.65. The second-order valence-corrected chi connectivity index (χ2v) is 4.82. The van der Waals surface area contributed by atoms with E-state index in [0.717, 1.165) is 19.3 Å². The molecular formula is C13H26O2. The molecule has 0 fully saturated rings. The van der Waals surface area contributed by atoms with Crippen LogP contribution in [-0.4, -0.2) is 18.5 Å². The van der Waals surface area contributed by atoms with Gasteiger partial charge in [-0.2, -0.15) is 0 Å². The average Bonchev–Trinajstić information content (AvgIpc) is 2.14. The van der Waals surface area contributed by atoms with Crippen molar-refractivity contribution in [2.24, 2.45) is 11.8 Å². The van der Waals surface area contributed by atoms with E-state index in [-0.39, 0.29) is 24.4 Å². The monoisotopic (exact) mass is 214 g/mol. The second-order valence-electron chi connectivity index (χ2n) is 4.82. The second kappa shape index (κ2) is 7.86. The Morgan fingerprint density at radius 1 is 1.20 bits per heavy atom. The van der Waals surface area contributed by atoms with Crippen LogP contribution in [0.2, 0.25) is 0 Å². The first kappa shape index (κ1) is 14.6. The van der Waals surface area contributed by atoms with E-state index in [2.05, 4.69) is 20.8 Å². The largest absolute Gasteiger partial charge is 0.371 e. The summed E-state index contributed by atoms with van der Waals surface area (Å²) in [6, 6.07) is 0. The van der Waals surface area contributed by atoms with Crippen LogP contribution in [0.15, 0.2) is 0 Å². The molecule has 0 N–H and O–H groups in total. The molecule has 2 heteroatoms. The highest BCUT2D eigenvalue weighted by molar-refractivity contribution is 5.82. The number of unbranched alkanes of at least 4 members (excludes halogenated alkanes) is 1. The Bertz CT molecular complexity index is 173. The molecule has 0 aliphatic heterocycles. The van der Waals surface area contributed by atoms with E-state index < -0.39 is 0 Å². The molecule has 1 atom stereocenters. The zero-order chi connectivity index (χ0) is 11.8. The molecule has 0 aromatic rings. The number of hydrogen-bond acceptors (Lipinski definition) is 2. The van der Waals surface area contributed by atoms with Gasteiger partial charge in [-0.3, -0.25) is 4.79 Å². The minimum absolute atomic E-state index is 0.146. The Morgan fingerprint density at radius 2 is 1.80 bits per heavy atom. The number of rotatable bonds is 8. The maximum atomic E-state index is 11.9. The van der Waals surface area contributed by atoms with Gasteiger partial charge in [0.2, 0.25) is 0 Å². The third-order valence-electron chi connectivity index (χ3n) is 2.65. The van der Waals surface area contributed by atoms with Gasteiger partial charge in [0, 0.05) is 5.92 Å². The molecule has 0 aromatic heterocycles. The lowest BCUT2D eigenvalue weighted by Crippen LogP contribution is -2.25. The van der Waals surface area contributed by atoms with Crippen molar-refractivity contribution in [3.05, 3.63) is 0 Å². The molecule has 0 amide bonds. The van der Waals surface area contributed by atoms with Gasteiger partial charge >= 0.3 is 0 Å². The van der Waals surface area contributed by atoms with E-state index in [9.17, 15) is 4.79 Å². The van der Waals surface area contributed by atoms with Crippen LogP contribution >= 0.6 is 0 Å². The van der Waals surface area contributed by atoms with Crippen LogP contribution in [0.4, 0.5) is 0 Å². The highest BCUT2D eigenvalue weighted by Gasteiger charge is 2.21. The van der Waals surface area contributed by atoms with Crippen molar-refractivity contribution < 1.29 is 9.53 Å². The van der Waals surface area contributed by atoms with E-state index >= 15 is 0 Å². The third-order valence-corrected chi connectivity index (χ3v) is 2.65. The molecule has 0 radical (unpaired) electrons. The summed E-state index contributed by atoms with van der Waals surface area (Å²) < 4.78 is 5.37. The molecule has 90 valence electrons. The average molecular weight is 214 g/mol. The first-order valence-corrected chi connectivity index (χ1v) is 6.13. The molecule has 0 rings (SSSR count). The molecule has 0 aromatic carbocycles. The zero-order valence-corrected chi connectivity index (χ0v) is 10.9. The van der Waals surface area contributed by atoms with Crippen molar-refractivity contribution in [2.45, 2.75) is 60.0 Å². The summed E-state index contributed by atoms with van der Waals surface area (Å²) in [6.45, 7) is 10.6.